The van der Waals surface area contributed by atoms with Gasteiger partial charge < -0.3 is 0 Å². The van der Waals surface area contributed by atoms with Gasteiger partial charge in [0.2, 0.25) is 0 Å². The first-order valence-corrected chi connectivity index (χ1v) is 8.54. The minimum absolute atomic E-state index is 0.802. The van der Waals surface area contributed by atoms with Crippen molar-refractivity contribution in [3.8, 4) is 22.6 Å². The summed E-state index contributed by atoms with van der Waals surface area (Å²) in [5, 5.41) is 1.08. The highest BCUT2D eigenvalue weighted by Gasteiger charge is 2.15. The molecular formula is C23H20N2. The fraction of sp³-hybridized carbons (Fsp3) is 0.130. The Morgan fingerprint density at radius 1 is 0.640 bits per heavy atom. The minimum atomic E-state index is 0.802. The molecule has 25 heavy (non-hydrogen) atoms. The fourth-order valence-corrected chi connectivity index (χ4v) is 3.30. The maximum Gasteiger partial charge on any atom is 0.160 e. The van der Waals surface area contributed by atoms with Gasteiger partial charge in [0.25, 0.3) is 0 Å². The summed E-state index contributed by atoms with van der Waals surface area (Å²) in [4.78, 5) is 9.88. The average molecular weight is 324 g/mol. The van der Waals surface area contributed by atoms with Gasteiger partial charge in [0, 0.05) is 16.5 Å². The molecule has 0 amide bonds. The Balaban J connectivity index is 2.07. The van der Waals surface area contributed by atoms with Gasteiger partial charge >= 0.3 is 0 Å². The van der Waals surface area contributed by atoms with Crippen LogP contribution in [0.5, 0.6) is 0 Å². The summed E-state index contributed by atoms with van der Waals surface area (Å²) in [6.45, 7) is 6.42. The van der Waals surface area contributed by atoms with Crippen molar-refractivity contribution in [3.63, 3.8) is 0 Å². The van der Waals surface area contributed by atoms with Crippen LogP contribution in [-0.2, 0) is 0 Å². The van der Waals surface area contributed by atoms with Crippen molar-refractivity contribution in [2.45, 2.75) is 20.8 Å². The van der Waals surface area contributed by atoms with E-state index in [1.54, 1.807) is 0 Å². The van der Waals surface area contributed by atoms with Gasteiger partial charge in [-0.25, -0.2) is 9.97 Å². The second-order valence-electron chi connectivity index (χ2n) is 6.48. The molecule has 3 aromatic carbocycles. The summed E-state index contributed by atoms with van der Waals surface area (Å²) in [5.41, 5.74) is 7.94. The maximum atomic E-state index is 4.99. The lowest BCUT2D eigenvalue weighted by molar-refractivity contribution is 1.19. The van der Waals surface area contributed by atoms with Gasteiger partial charge in [-0.1, -0.05) is 60.7 Å². The molecule has 0 N–H and O–H groups in total. The lowest BCUT2D eigenvalue weighted by Crippen LogP contribution is -1.99. The van der Waals surface area contributed by atoms with Gasteiger partial charge in [-0.2, -0.15) is 0 Å². The SMILES string of the molecule is Cc1ccc(C)c(-c2nc(-c3ccccc3)c3ccccc3n2)c1C. The topological polar surface area (TPSA) is 25.8 Å². The second kappa shape index (κ2) is 6.14. The van der Waals surface area contributed by atoms with Crippen molar-refractivity contribution in [2.75, 3.05) is 0 Å². The van der Waals surface area contributed by atoms with E-state index >= 15 is 0 Å². The molecule has 0 unspecified atom stereocenters. The van der Waals surface area contributed by atoms with Gasteiger partial charge in [0.05, 0.1) is 11.2 Å². The minimum Gasteiger partial charge on any atom is -0.228 e. The highest BCUT2D eigenvalue weighted by atomic mass is 14.9. The van der Waals surface area contributed by atoms with Crippen LogP contribution in [0.3, 0.4) is 0 Å². The second-order valence-corrected chi connectivity index (χ2v) is 6.48. The Bertz CT molecular complexity index is 1070. The highest BCUT2D eigenvalue weighted by Crippen LogP contribution is 2.32. The first-order valence-electron chi connectivity index (χ1n) is 8.54. The number of fused-ring (bicyclic) bond motifs is 1. The van der Waals surface area contributed by atoms with Crippen molar-refractivity contribution in [3.05, 3.63) is 83.4 Å². The summed E-state index contributed by atoms with van der Waals surface area (Å²) in [7, 11) is 0. The van der Waals surface area contributed by atoms with E-state index < -0.39 is 0 Å². The normalized spacial score (nSPS) is 11.0. The molecular weight excluding hydrogens is 304 g/mol. The van der Waals surface area contributed by atoms with Crippen molar-refractivity contribution < 1.29 is 0 Å². The summed E-state index contributed by atoms with van der Waals surface area (Å²) in [6.07, 6.45) is 0. The zero-order valence-corrected chi connectivity index (χ0v) is 14.7. The van der Waals surface area contributed by atoms with Gasteiger partial charge in [0.1, 0.15) is 0 Å². The summed E-state index contributed by atoms with van der Waals surface area (Å²) < 4.78 is 0. The number of aromatic nitrogens is 2. The predicted molar refractivity (Wildman–Crippen MR) is 105 cm³/mol. The molecule has 0 saturated carbocycles. The van der Waals surface area contributed by atoms with Crippen LogP contribution in [0, 0.1) is 20.8 Å². The Hall–Kier alpha value is -3.00. The molecule has 4 aromatic rings. The van der Waals surface area contributed by atoms with Gasteiger partial charge in [-0.05, 0) is 43.5 Å². The van der Waals surface area contributed by atoms with Crippen LogP contribution in [-0.4, -0.2) is 9.97 Å². The van der Waals surface area contributed by atoms with E-state index in [0.717, 1.165) is 33.5 Å². The first-order chi connectivity index (χ1) is 12.1. The summed E-state index contributed by atoms with van der Waals surface area (Å²) in [6, 6.07) is 22.9. The third kappa shape index (κ3) is 2.70. The van der Waals surface area contributed by atoms with Crippen LogP contribution in [0.2, 0.25) is 0 Å². The molecule has 0 bridgehead atoms. The smallest absolute Gasteiger partial charge is 0.160 e. The molecule has 2 heteroatoms. The molecule has 0 aliphatic heterocycles. The molecule has 0 spiro atoms. The van der Waals surface area contributed by atoms with E-state index in [-0.39, 0.29) is 0 Å². The number of hydrogen-bond donors (Lipinski definition) is 0. The number of hydrogen-bond acceptors (Lipinski definition) is 2. The highest BCUT2D eigenvalue weighted by molar-refractivity contribution is 5.93. The number of rotatable bonds is 2. The van der Waals surface area contributed by atoms with Crippen LogP contribution >= 0.6 is 0 Å². The third-order valence-corrected chi connectivity index (χ3v) is 4.82. The summed E-state index contributed by atoms with van der Waals surface area (Å²) in [5.74, 6) is 0.802. The fourth-order valence-electron chi connectivity index (χ4n) is 3.30. The van der Waals surface area contributed by atoms with Crippen molar-refractivity contribution >= 4 is 10.9 Å². The lowest BCUT2D eigenvalue weighted by atomic mass is 9.97. The Labute approximate surface area is 148 Å². The van der Waals surface area contributed by atoms with E-state index in [4.69, 9.17) is 9.97 Å². The quantitative estimate of drug-likeness (QED) is 0.459. The Kier molecular flexibility index (Phi) is 3.81. The van der Waals surface area contributed by atoms with Crippen molar-refractivity contribution in [1.82, 2.24) is 9.97 Å². The molecule has 0 aliphatic carbocycles. The van der Waals surface area contributed by atoms with E-state index in [2.05, 4.69) is 69.3 Å². The zero-order valence-electron chi connectivity index (χ0n) is 14.7. The van der Waals surface area contributed by atoms with Crippen molar-refractivity contribution in [1.29, 1.82) is 0 Å². The number of benzene rings is 3. The molecule has 0 saturated heterocycles. The molecule has 0 fully saturated rings. The largest absolute Gasteiger partial charge is 0.228 e. The predicted octanol–water partition coefficient (Wildman–Crippen LogP) is 5.89. The van der Waals surface area contributed by atoms with E-state index in [1.807, 2.05) is 18.2 Å². The van der Waals surface area contributed by atoms with E-state index in [0.29, 0.717) is 0 Å². The third-order valence-electron chi connectivity index (χ3n) is 4.82. The maximum absolute atomic E-state index is 4.99. The zero-order chi connectivity index (χ0) is 17.4. The van der Waals surface area contributed by atoms with Gasteiger partial charge in [-0.15, -0.1) is 0 Å². The summed E-state index contributed by atoms with van der Waals surface area (Å²) >= 11 is 0. The monoisotopic (exact) mass is 324 g/mol. The van der Waals surface area contributed by atoms with E-state index in [1.165, 1.54) is 16.7 Å². The number of nitrogens with zero attached hydrogens (tertiary/aromatic N) is 2. The molecule has 2 nitrogen and oxygen atoms in total. The Morgan fingerprint density at radius 3 is 2.12 bits per heavy atom. The van der Waals surface area contributed by atoms with Crippen LogP contribution in [0.25, 0.3) is 33.5 Å². The van der Waals surface area contributed by atoms with Crippen LogP contribution in [0.1, 0.15) is 16.7 Å². The van der Waals surface area contributed by atoms with Crippen LogP contribution < -0.4 is 0 Å². The van der Waals surface area contributed by atoms with E-state index in [9.17, 15) is 0 Å². The number of para-hydroxylation sites is 1. The van der Waals surface area contributed by atoms with Gasteiger partial charge in [-0.3, -0.25) is 0 Å². The molecule has 1 heterocycles. The molecule has 4 rings (SSSR count). The lowest BCUT2D eigenvalue weighted by Gasteiger charge is -2.14. The van der Waals surface area contributed by atoms with Crippen molar-refractivity contribution in [2.24, 2.45) is 0 Å². The first kappa shape index (κ1) is 15.5. The van der Waals surface area contributed by atoms with Crippen LogP contribution in [0.4, 0.5) is 0 Å². The Morgan fingerprint density at radius 2 is 1.32 bits per heavy atom. The average Bonchev–Trinajstić information content (AvgIpc) is 2.65. The number of aryl methyl sites for hydroxylation is 2. The molecule has 0 atom stereocenters. The standard InChI is InChI=1S/C23H20N2/c1-15-13-14-16(2)21(17(15)3)23-24-20-12-8-7-11-19(20)22(25-23)18-9-5-4-6-10-18/h4-14H,1-3H3. The molecule has 1 aromatic heterocycles. The van der Waals surface area contributed by atoms with Gasteiger partial charge in [0.15, 0.2) is 5.82 Å². The molecule has 0 aliphatic rings. The molecule has 122 valence electrons. The molecule has 0 radical (unpaired) electrons. The van der Waals surface area contributed by atoms with Crippen LogP contribution in [0.15, 0.2) is 66.7 Å².